The van der Waals surface area contributed by atoms with Gasteiger partial charge in [-0.2, -0.15) is 0 Å². The van der Waals surface area contributed by atoms with E-state index in [1.807, 2.05) is 0 Å². The van der Waals surface area contributed by atoms with E-state index >= 15 is 0 Å². The highest BCUT2D eigenvalue weighted by molar-refractivity contribution is 9.10. The van der Waals surface area contributed by atoms with Crippen LogP contribution in [-0.4, -0.2) is 37.6 Å². The van der Waals surface area contributed by atoms with Crippen molar-refractivity contribution in [3.63, 3.8) is 0 Å². The van der Waals surface area contributed by atoms with Gasteiger partial charge >= 0.3 is 5.97 Å². The number of carboxylic acid groups (broad SMARTS) is 1. The van der Waals surface area contributed by atoms with Crippen LogP contribution in [0.3, 0.4) is 0 Å². The number of rotatable bonds is 4. The van der Waals surface area contributed by atoms with Crippen molar-refractivity contribution < 1.29 is 27.9 Å². The number of carboxylic acids is 1. The molecule has 3 heterocycles. The first-order chi connectivity index (χ1) is 12.8. The molecule has 2 aliphatic heterocycles. The minimum absolute atomic E-state index is 0.00191. The van der Waals surface area contributed by atoms with Gasteiger partial charge in [0.2, 0.25) is 0 Å². The van der Waals surface area contributed by atoms with E-state index in [0.717, 1.165) is 4.90 Å². The number of hydrogen-bond donors (Lipinski definition) is 1. The largest absolute Gasteiger partial charge is 0.479 e. The third kappa shape index (κ3) is 2.82. The summed E-state index contributed by atoms with van der Waals surface area (Å²) in [6, 6.07) is 1.14. The van der Waals surface area contributed by atoms with Crippen molar-refractivity contribution in [2.45, 2.75) is 38.1 Å². The summed E-state index contributed by atoms with van der Waals surface area (Å²) in [5, 5.41) is 9.74. The van der Waals surface area contributed by atoms with Gasteiger partial charge in [-0.3, -0.25) is 4.79 Å². The van der Waals surface area contributed by atoms with Crippen molar-refractivity contribution >= 4 is 27.8 Å². The number of halogens is 4. The second-order valence-electron chi connectivity index (χ2n) is 6.53. The number of nitrogens with zero attached hydrogens (tertiary/aromatic N) is 3. The lowest BCUT2D eigenvalue weighted by atomic mass is 10.0. The van der Waals surface area contributed by atoms with Crippen LogP contribution in [0.15, 0.2) is 22.9 Å². The monoisotopic (exact) mass is 443 g/mol. The first-order valence-corrected chi connectivity index (χ1v) is 8.89. The fourth-order valence-electron chi connectivity index (χ4n) is 3.74. The van der Waals surface area contributed by atoms with E-state index in [0.29, 0.717) is 10.2 Å². The van der Waals surface area contributed by atoms with Gasteiger partial charge in [0.25, 0.3) is 12.3 Å². The summed E-state index contributed by atoms with van der Waals surface area (Å²) in [7, 11) is 0. The quantitative estimate of drug-likeness (QED) is 0.786. The van der Waals surface area contributed by atoms with E-state index in [-0.39, 0.29) is 41.9 Å². The SMILES string of the molecule is O=C(O)C(c1ncn2c1C[C@@H](F)C2)N1Cc2c(cc(Br)cc2C(F)F)C1=O. The summed E-state index contributed by atoms with van der Waals surface area (Å²) in [6.07, 6.45) is -2.61. The molecule has 0 saturated carbocycles. The Labute approximate surface area is 159 Å². The molecule has 2 atom stereocenters. The van der Waals surface area contributed by atoms with Crippen LogP contribution in [0, 0.1) is 0 Å². The predicted molar refractivity (Wildman–Crippen MR) is 90.2 cm³/mol. The summed E-state index contributed by atoms with van der Waals surface area (Å²) < 4.78 is 42.3. The van der Waals surface area contributed by atoms with Crippen molar-refractivity contribution in [3.05, 3.63) is 51.0 Å². The Kier molecular flexibility index (Phi) is 4.25. The molecule has 1 aromatic heterocycles. The number of hydrogen-bond acceptors (Lipinski definition) is 3. The zero-order valence-electron chi connectivity index (χ0n) is 13.7. The topological polar surface area (TPSA) is 75.4 Å². The van der Waals surface area contributed by atoms with E-state index in [2.05, 4.69) is 20.9 Å². The van der Waals surface area contributed by atoms with Gasteiger partial charge in [0.1, 0.15) is 6.17 Å². The summed E-state index contributed by atoms with van der Waals surface area (Å²) in [5.41, 5.74) is 0.294. The molecular formula is C17H13BrF3N3O3. The molecule has 0 spiro atoms. The minimum Gasteiger partial charge on any atom is -0.479 e. The van der Waals surface area contributed by atoms with E-state index < -0.39 is 30.5 Å². The van der Waals surface area contributed by atoms with Gasteiger partial charge in [-0.25, -0.2) is 22.9 Å². The van der Waals surface area contributed by atoms with E-state index in [1.54, 1.807) is 0 Å². The van der Waals surface area contributed by atoms with Gasteiger partial charge in [-0.15, -0.1) is 0 Å². The van der Waals surface area contributed by atoms with Crippen LogP contribution >= 0.6 is 15.9 Å². The van der Waals surface area contributed by atoms with Crippen molar-refractivity contribution in [1.82, 2.24) is 14.5 Å². The van der Waals surface area contributed by atoms with E-state index in [4.69, 9.17) is 0 Å². The highest BCUT2D eigenvalue weighted by atomic mass is 79.9. The van der Waals surface area contributed by atoms with E-state index in [9.17, 15) is 27.9 Å². The second-order valence-corrected chi connectivity index (χ2v) is 7.44. The Bertz CT molecular complexity index is 962. The molecule has 2 aromatic rings. The van der Waals surface area contributed by atoms with Crippen molar-refractivity contribution in [1.29, 1.82) is 0 Å². The molecule has 6 nitrogen and oxygen atoms in total. The Hall–Kier alpha value is -2.36. The first-order valence-electron chi connectivity index (χ1n) is 8.10. The van der Waals surface area contributed by atoms with Gasteiger partial charge in [0, 0.05) is 34.3 Å². The van der Waals surface area contributed by atoms with Crippen LogP contribution in [0.5, 0.6) is 0 Å². The van der Waals surface area contributed by atoms with Crippen LogP contribution in [0.1, 0.15) is 45.3 Å². The molecule has 10 heteroatoms. The van der Waals surface area contributed by atoms with Crippen LogP contribution in [0.4, 0.5) is 13.2 Å². The van der Waals surface area contributed by atoms with E-state index in [1.165, 1.54) is 23.0 Å². The molecule has 1 N–H and O–H groups in total. The zero-order valence-corrected chi connectivity index (χ0v) is 15.3. The maximum Gasteiger partial charge on any atom is 0.332 e. The smallest absolute Gasteiger partial charge is 0.332 e. The van der Waals surface area contributed by atoms with Crippen LogP contribution in [0.2, 0.25) is 0 Å². The Morgan fingerprint density at radius 3 is 2.78 bits per heavy atom. The number of fused-ring (bicyclic) bond motifs is 2. The number of aliphatic carboxylic acids is 1. The molecule has 142 valence electrons. The highest BCUT2D eigenvalue weighted by Gasteiger charge is 2.42. The van der Waals surface area contributed by atoms with Crippen LogP contribution in [-0.2, 0) is 24.3 Å². The van der Waals surface area contributed by atoms with Crippen molar-refractivity contribution in [3.8, 4) is 0 Å². The molecule has 0 saturated heterocycles. The fourth-order valence-corrected chi connectivity index (χ4v) is 4.22. The lowest BCUT2D eigenvalue weighted by Gasteiger charge is -2.23. The molecular weight excluding hydrogens is 431 g/mol. The van der Waals surface area contributed by atoms with Crippen molar-refractivity contribution in [2.24, 2.45) is 0 Å². The lowest BCUT2D eigenvalue weighted by molar-refractivity contribution is -0.142. The molecule has 1 amide bonds. The number of imidazole rings is 1. The number of aromatic nitrogens is 2. The number of carbonyl (C=O) groups is 2. The first kappa shape index (κ1) is 18.0. The fraction of sp³-hybridized carbons (Fsp3) is 0.353. The van der Waals surface area contributed by atoms with Gasteiger partial charge in [-0.05, 0) is 17.7 Å². The Morgan fingerprint density at radius 2 is 2.11 bits per heavy atom. The molecule has 0 fully saturated rings. The molecule has 0 bridgehead atoms. The summed E-state index contributed by atoms with van der Waals surface area (Å²) in [5.74, 6) is -2.02. The third-order valence-electron chi connectivity index (χ3n) is 4.90. The standard InChI is InChI=1S/C17H13BrF3N3O3/c18-7-1-9(15(20)21)11-5-24(16(25)10(11)2-7)14(17(26)27)13-12-3-8(19)4-23(12)6-22-13/h1-2,6,8,14-15H,3-5H2,(H,26,27)/t8-,14?/m1/s1. The number of benzene rings is 1. The minimum atomic E-state index is -2.81. The second kappa shape index (κ2) is 6.36. The van der Waals surface area contributed by atoms with Gasteiger partial charge in [0.05, 0.1) is 18.6 Å². The molecule has 1 unspecified atom stereocenters. The Balaban J connectivity index is 1.77. The predicted octanol–water partition coefficient (Wildman–Crippen LogP) is 3.26. The number of carbonyl (C=O) groups excluding carboxylic acids is 1. The molecule has 1 aromatic carbocycles. The Morgan fingerprint density at radius 1 is 1.37 bits per heavy atom. The molecule has 0 aliphatic carbocycles. The van der Waals surface area contributed by atoms with Gasteiger partial charge < -0.3 is 14.6 Å². The zero-order chi connectivity index (χ0) is 19.5. The maximum absolute atomic E-state index is 13.7. The van der Waals surface area contributed by atoms with Gasteiger partial charge in [0.15, 0.2) is 6.04 Å². The summed E-state index contributed by atoms with van der Waals surface area (Å²) >= 11 is 3.11. The average Bonchev–Trinajstić information content (AvgIpc) is 3.22. The highest BCUT2D eigenvalue weighted by Crippen LogP contribution is 2.39. The molecule has 2 aliphatic rings. The number of alkyl halides is 3. The lowest BCUT2D eigenvalue weighted by Crippen LogP contribution is -2.35. The third-order valence-corrected chi connectivity index (χ3v) is 5.35. The van der Waals surface area contributed by atoms with Gasteiger partial charge in [-0.1, -0.05) is 15.9 Å². The van der Waals surface area contributed by atoms with Crippen LogP contribution in [0.25, 0.3) is 0 Å². The molecule has 27 heavy (non-hydrogen) atoms. The number of amides is 1. The maximum atomic E-state index is 13.7. The average molecular weight is 444 g/mol. The van der Waals surface area contributed by atoms with Crippen molar-refractivity contribution in [2.75, 3.05) is 0 Å². The summed E-state index contributed by atoms with van der Waals surface area (Å²) in [6.45, 7) is -0.200. The normalized spacial score (nSPS) is 19.5. The van der Waals surface area contributed by atoms with Crippen LogP contribution < -0.4 is 0 Å². The molecule has 4 rings (SSSR count). The molecule has 0 radical (unpaired) electrons. The summed E-state index contributed by atoms with van der Waals surface area (Å²) in [4.78, 5) is 29.8.